The largest absolute Gasteiger partial charge is 0.507 e. The molecule has 5 rings (SSSR count). The minimum Gasteiger partial charge on any atom is -0.507 e. The Kier molecular flexibility index (Phi) is 6.58. The Morgan fingerprint density at radius 1 is 0.778 bits per heavy atom. The summed E-state index contributed by atoms with van der Waals surface area (Å²) >= 11 is 0. The quantitative estimate of drug-likeness (QED) is 0.302. The summed E-state index contributed by atoms with van der Waals surface area (Å²) in [6.07, 6.45) is 2.35. The van der Waals surface area contributed by atoms with Gasteiger partial charge < -0.3 is 29.2 Å². The highest BCUT2D eigenvalue weighted by Gasteiger charge is 2.27. The van der Waals surface area contributed by atoms with Crippen molar-refractivity contribution < 1.29 is 29.2 Å². The molecular weight excluding hydrogens is 456 g/mol. The molecule has 4 aromatic carbocycles. The highest BCUT2D eigenvalue weighted by atomic mass is 16.5. The van der Waals surface area contributed by atoms with Crippen LogP contribution in [-0.4, -0.2) is 16.5 Å². The number of aromatic hydroxyl groups is 2. The van der Waals surface area contributed by atoms with Gasteiger partial charge in [0.25, 0.3) is 0 Å². The molecule has 0 saturated carbocycles. The smallest absolute Gasteiger partial charge is 0.161 e. The SMILES string of the molecule is O=CC1C=C(c2ccc(OCc3ccccc3)c(O)c2)Oc2cc(OCc3ccccc3)cc(O)c21. The Hall–Kier alpha value is -4.71. The van der Waals surface area contributed by atoms with Crippen molar-refractivity contribution in [3.8, 4) is 28.7 Å². The van der Waals surface area contributed by atoms with Crippen LogP contribution in [0.15, 0.2) is 97.1 Å². The molecule has 0 bridgehead atoms. The fraction of sp³-hybridized carbons (Fsp3) is 0.100. The van der Waals surface area contributed by atoms with Crippen LogP contribution in [0.4, 0.5) is 0 Å². The lowest BCUT2D eigenvalue weighted by Crippen LogP contribution is -2.11. The first kappa shape index (κ1) is 23.1. The first-order chi connectivity index (χ1) is 17.6. The van der Waals surface area contributed by atoms with Crippen molar-refractivity contribution in [1.82, 2.24) is 0 Å². The second-order valence-corrected chi connectivity index (χ2v) is 8.38. The molecule has 1 heterocycles. The van der Waals surface area contributed by atoms with Gasteiger partial charge in [-0.05, 0) is 35.4 Å². The van der Waals surface area contributed by atoms with Gasteiger partial charge >= 0.3 is 0 Å². The third-order valence-electron chi connectivity index (χ3n) is 5.85. The Bertz CT molecular complexity index is 1400. The molecule has 0 aliphatic carbocycles. The number of benzene rings is 4. The average Bonchev–Trinajstić information content (AvgIpc) is 2.91. The zero-order chi connectivity index (χ0) is 24.9. The summed E-state index contributed by atoms with van der Waals surface area (Å²) in [6, 6.07) is 27.4. The standard InChI is InChI=1S/C30H24O6/c31-17-23-14-28(22-11-12-27(25(32)13-22)35-19-21-9-5-2-6-10-21)36-29-16-24(15-26(33)30(23)29)34-18-20-7-3-1-4-8-20/h1-17,23,32-33H,18-19H2. The molecule has 0 aromatic heterocycles. The molecule has 0 fully saturated rings. The summed E-state index contributed by atoms with van der Waals surface area (Å²) in [5.41, 5.74) is 2.89. The Morgan fingerprint density at radius 3 is 2.08 bits per heavy atom. The minimum atomic E-state index is -0.719. The van der Waals surface area contributed by atoms with Crippen LogP contribution in [0.25, 0.3) is 5.76 Å². The first-order valence-electron chi connectivity index (χ1n) is 11.5. The molecule has 0 spiro atoms. The number of ether oxygens (including phenoxy) is 3. The molecular formula is C30H24O6. The number of phenols is 2. The van der Waals surface area contributed by atoms with Crippen molar-refractivity contribution in [2.24, 2.45) is 0 Å². The van der Waals surface area contributed by atoms with Crippen molar-refractivity contribution >= 4 is 12.0 Å². The van der Waals surface area contributed by atoms with Crippen LogP contribution < -0.4 is 14.2 Å². The van der Waals surface area contributed by atoms with E-state index < -0.39 is 5.92 Å². The van der Waals surface area contributed by atoms with Gasteiger partial charge in [-0.2, -0.15) is 0 Å². The lowest BCUT2D eigenvalue weighted by molar-refractivity contribution is -0.108. The zero-order valence-corrected chi connectivity index (χ0v) is 19.3. The fourth-order valence-electron chi connectivity index (χ4n) is 4.02. The molecule has 0 saturated heterocycles. The van der Waals surface area contributed by atoms with Gasteiger partial charge in [0.1, 0.15) is 42.5 Å². The van der Waals surface area contributed by atoms with Gasteiger partial charge in [-0.1, -0.05) is 60.7 Å². The summed E-state index contributed by atoms with van der Waals surface area (Å²) in [4.78, 5) is 11.9. The van der Waals surface area contributed by atoms with Gasteiger partial charge in [0.2, 0.25) is 0 Å². The average molecular weight is 481 g/mol. The predicted octanol–water partition coefficient (Wildman–Crippen LogP) is 5.97. The predicted molar refractivity (Wildman–Crippen MR) is 135 cm³/mol. The van der Waals surface area contributed by atoms with Crippen LogP contribution in [0.1, 0.15) is 28.2 Å². The maximum Gasteiger partial charge on any atom is 0.161 e. The van der Waals surface area contributed by atoms with Crippen molar-refractivity contribution in [2.75, 3.05) is 0 Å². The van der Waals surface area contributed by atoms with Crippen LogP contribution in [0.2, 0.25) is 0 Å². The molecule has 1 atom stereocenters. The monoisotopic (exact) mass is 480 g/mol. The highest BCUT2D eigenvalue weighted by molar-refractivity contribution is 5.79. The number of carbonyl (C=O) groups excluding carboxylic acids is 1. The van der Waals surface area contributed by atoms with E-state index in [0.29, 0.717) is 47.3 Å². The van der Waals surface area contributed by atoms with E-state index in [-0.39, 0.29) is 11.5 Å². The van der Waals surface area contributed by atoms with Crippen molar-refractivity contribution in [1.29, 1.82) is 0 Å². The summed E-state index contributed by atoms with van der Waals surface area (Å²) < 4.78 is 17.6. The van der Waals surface area contributed by atoms with Gasteiger partial charge in [0, 0.05) is 17.7 Å². The molecule has 1 aliphatic heterocycles. The molecule has 6 nitrogen and oxygen atoms in total. The number of hydrogen-bond donors (Lipinski definition) is 2. The van der Waals surface area contributed by atoms with Crippen LogP contribution in [0, 0.1) is 0 Å². The van der Waals surface area contributed by atoms with E-state index in [2.05, 4.69) is 0 Å². The summed E-state index contributed by atoms with van der Waals surface area (Å²) in [5.74, 6) is 0.581. The highest BCUT2D eigenvalue weighted by Crippen LogP contribution is 2.45. The van der Waals surface area contributed by atoms with E-state index in [4.69, 9.17) is 14.2 Å². The lowest BCUT2D eigenvalue weighted by atomic mass is 9.94. The van der Waals surface area contributed by atoms with E-state index in [9.17, 15) is 15.0 Å². The Morgan fingerprint density at radius 2 is 1.44 bits per heavy atom. The summed E-state index contributed by atoms with van der Waals surface area (Å²) in [7, 11) is 0. The number of phenolic OH excluding ortho intramolecular Hbond substituents is 2. The topological polar surface area (TPSA) is 85.2 Å². The van der Waals surface area contributed by atoms with E-state index in [0.717, 1.165) is 17.4 Å². The minimum absolute atomic E-state index is 0.0517. The van der Waals surface area contributed by atoms with Crippen LogP contribution in [0.5, 0.6) is 28.7 Å². The normalized spacial score (nSPS) is 14.2. The second kappa shape index (κ2) is 10.3. The van der Waals surface area contributed by atoms with E-state index in [1.54, 1.807) is 24.3 Å². The van der Waals surface area contributed by atoms with Crippen LogP contribution in [0.3, 0.4) is 0 Å². The lowest BCUT2D eigenvalue weighted by Gasteiger charge is -2.24. The molecule has 180 valence electrons. The van der Waals surface area contributed by atoms with Crippen molar-refractivity contribution in [3.63, 3.8) is 0 Å². The molecule has 36 heavy (non-hydrogen) atoms. The number of carbonyl (C=O) groups is 1. The molecule has 0 amide bonds. The van der Waals surface area contributed by atoms with E-state index >= 15 is 0 Å². The van der Waals surface area contributed by atoms with E-state index in [1.165, 1.54) is 12.1 Å². The van der Waals surface area contributed by atoms with Gasteiger partial charge in [-0.25, -0.2) is 0 Å². The molecule has 6 heteroatoms. The molecule has 1 aliphatic rings. The number of allylic oxidation sites excluding steroid dienone is 1. The number of hydrogen-bond acceptors (Lipinski definition) is 6. The van der Waals surface area contributed by atoms with Crippen LogP contribution >= 0.6 is 0 Å². The molecule has 0 radical (unpaired) electrons. The Balaban J connectivity index is 1.36. The zero-order valence-electron chi connectivity index (χ0n) is 19.3. The van der Waals surface area contributed by atoms with Gasteiger partial charge in [0.15, 0.2) is 11.5 Å². The maximum atomic E-state index is 11.9. The number of rotatable bonds is 8. The van der Waals surface area contributed by atoms with Gasteiger partial charge in [0.05, 0.1) is 11.5 Å². The third kappa shape index (κ3) is 5.03. The number of aldehydes is 1. The summed E-state index contributed by atoms with van der Waals surface area (Å²) in [6.45, 7) is 0.635. The molecule has 4 aromatic rings. The number of fused-ring (bicyclic) bond motifs is 1. The molecule has 2 N–H and O–H groups in total. The van der Waals surface area contributed by atoms with Crippen molar-refractivity contribution in [3.05, 3.63) is 119 Å². The van der Waals surface area contributed by atoms with Gasteiger partial charge in [-0.15, -0.1) is 0 Å². The van der Waals surface area contributed by atoms with Crippen LogP contribution in [-0.2, 0) is 18.0 Å². The summed E-state index contributed by atoms with van der Waals surface area (Å²) in [5, 5.41) is 21.2. The fourth-order valence-corrected chi connectivity index (χ4v) is 4.02. The molecule has 1 unspecified atom stereocenters. The maximum absolute atomic E-state index is 11.9. The van der Waals surface area contributed by atoms with Gasteiger partial charge in [-0.3, -0.25) is 0 Å². The second-order valence-electron chi connectivity index (χ2n) is 8.38. The van der Waals surface area contributed by atoms with E-state index in [1.807, 2.05) is 60.7 Å². The Labute approximate surface area is 208 Å². The third-order valence-corrected chi connectivity index (χ3v) is 5.85. The first-order valence-corrected chi connectivity index (χ1v) is 11.5. The van der Waals surface area contributed by atoms with Crippen molar-refractivity contribution in [2.45, 2.75) is 19.1 Å².